The van der Waals surface area contributed by atoms with Gasteiger partial charge >= 0.3 is 0 Å². The summed E-state index contributed by atoms with van der Waals surface area (Å²) in [6, 6.07) is 0. The minimum atomic E-state index is -0.678. The van der Waals surface area contributed by atoms with E-state index in [1.54, 1.807) is 0 Å². The third-order valence-corrected chi connectivity index (χ3v) is 4.31. The molecule has 0 spiro atoms. The Hall–Kier alpha value is -0.690. The topological polar surface area (TPSA) is 72.1 Å². The summed E-state index contributed by atoms with van der Waals surface area (Å²) in [5, 5.41) is 0. The number of nitrogens with zero attached hydrogens (tertiary/aromatic N) is 3. The van der Waals surface area contributed by atoms with Gasteiger partial charge < -0.3 is 10.6 Å². The molecule has 0 unspecified atom stereocenters. The second kappa shape index (κ2) is 4.44. The van der Waals surface area contributed by atoms with Crippen molar-refractivity contribution in [2.75, 3.05) is 35.2 Å². The first-order valence-electron chi connectivity index (χ1n) is 4.54. The lowest BCUT2D eigenvalue weighted by atomic mass is 10.4. The van der Waals surface area contributed by atoms with Crippen molar-refractivity contribution >= 4 is 38.4 Å². The standard InChI is InChI=1S/C8H11BrN4OS/c9-6-7(10)11-5-12-8(6)13-1-3-15(14)4-2-13/h5H,1-4H2,(H2,10,11,12). The van der Waals surface area contributed by atoms with Crippen LogP contribution >= 0.6 is 15.9 Å². The van der Waals surface area contributed by atoms with Gasteiger partial charge in [-0.2, -0.15) is 0 Å². The zero-order valence-corrected chi connectivity index (χ0v) is 10.4. The Morgan fingerprint density at radius 1 is 1.40 bits per heavy atom. The van der Waals surface area contributed by atoms with Crippen molar-refractivity contribution in [3.05, 3.63) is 10.8 Å². The van der Waals surface area contributed by atoms with E-state index >= 15 is 0 Å². The number of hydrogen-bond acceptors (Lipinski definition) is 5. The van der Waals surface area contributed by atoms with Gasteiger partial charge in [0.05, 0.1) is 0 Å². The summed E-state index contributed by atoms with van der Waals surface area (Å²) >= 11 is 3.36. The van der Waals surface area contributed by atoms with Crippen LogP contribution in [0.2, 0.25) is 0 Å². The fourth-order valence-electron chi connectivity index (χ4n) is 1.44. The average molecular weight is 291 g/mol. The zero-order chi connectivity index (χ0) is 10.8. The maximum Gasteiger partial charge on any atom is 0.148 e. The molecule has 5 nitrogen and oxygen atoms in total. The quantitative estimate of drug-likeness (QED) is 0.810. The molecule has 0 radical (unpaired) electrons. The SMILES string of the molecule is Nc1ncnc(N2CCS(=O)CC2)c1Br. The fraction of sp³-hybridized carbons (Fsp3) is 0.500. The Morgan fingerprint density at radius 3 is 2.73 bits per heavy atom. The van der Waals surface area contributed by atoms with Crippen LogP contribution in [0.3, 0.4) is 0 Å². The monoisotopic (exact) mass is 290 g/mol. The Kier molecular flexibility index (Phi) is 3.20. The molecule has 1 aliphatic heterocycles. The Balaban J connectivity index is 2.22. The minimum Gasteiger partial charge on any atom is -0.383 e. The summed E-state index contributed by atoms with van der Waals surface area (Å²) in [6.07, 6.45) is 1.45. The molecular weight excluding hydrogens is 280 g/mol. The Morgan fingerprint density at radius 2 is 2.07 bits per heavy atom. The molecule has 2 N–H and O–H groups in total. The third kappa shape index (κ3) is 2.28. The highest BCUT2D eigenvalue weighted by molar-refractivity contribution is 9.10. The van der Waals surface area contributed by atoms with Crippen LogP contribution in [0.25, 0.3) is 0 Å². The van der Waals surface area contributed by atoms with Gasteiger partial charge in [0.2, 0.25) is 0 Å². The number of aromatic nitrogens is 2. The molecule has 1 fully saturated rings. The molecule has 2 rings (SSSR count). The first-order valence-corrected chi connectivity index (χ1v) is 6.82. The summed E-state index contributed by atoms with van der Waals surface area (Å²) < 4.78 is 11.9. The average Bonchev–Trinajstić information content (AvgIpc) is 2.24. The molecule has 0 saturated carbocycles. The molecule has 0 atom stereocenters. The molecule has 0 amide bonds. The van der Waals surface area contributed by atoms with Crippen LogP contribution in [0.1, 0.15) is 0 Å². The fourth-order valence-corrected chi connectivity index (χ4v) is 2.95. The van der Waals surface area contributed by atoms with Crippen molar-refractivity contribution in [2.24, 2.45) is 0 Å². The molecule has 0 aromatic carbocycles. The van der Waals surface area contributed by atoms with Crippen LogP contribution in [0, 0.1) is 0 Å². The molecular formula is C8H11BrN4OS. The molecule has 1 aromatic heterocycles. The van der Waals surface area contributed by atoms with E-state index in [0.29, 0.717) is 17.3 Å². The maximum absolute atomic E-state index is 11.2. The van der Waals surface area contributed by atoms with Crippen LogP contribution < -0.4 is 10.6 Å². The zero-order valence-electron chi connectivity index (χ0n) is 8.02. The summed E-state index contributed by atoms with van der Waals surface area (Å²) in [4.78, 5) is 10.1. The molecule has 1 aromatic rings. The van der Waals surface area contributed by atoms with Gasteiger partial charge in [0.25, 0.3) is 0 Å². The maximum atomic E-state index is 11.2. The lowest BCUT2D eigenvalue weighted by molar-refractivity contribution is 0.672. The molecule has 15 heavy (non-hydrogen) atoms. The van der Waals surface area contributed by atoms with Crippen LogP contribution in [0.5, 0.6) is 0 Å². The van der Waals surface area contributed by atoms with Crippen LogP contribution in [-0.4, -0.2) is 38.8 Å². The number of anilines is 2. The van der Waals surface area contributed by atoms with E-state index in [-0.39, 0.29) is 0 Å². The molecule has 7 heteroatoms. The second-order valence-electron chi connectivity index (χ2n) is 3.23. The smallest absolute Gasteiger partial charge is 0.148 e. The van der Waals surface area contributed by atoms with Crippen molar-refractivity contribution in [2.45, 2.75) is 0 Å². The van der Waals surface area contributed by atoms with Gasteiger partial charge in [-0.3, -0.25) is 4.21 Å². The summed E-state index contributed by atoms with van der Waals surface area (Å²) in [6.45, 7) is 1.50. The number of rotatable bonds is 1. The van der Waals surface area contributed by atoms with Gasteiger partial charge in [-0.1, -0.05) is 0 Å². The van der Waals surface area contributed by atoms with E-state index in [2.05, 4.69) is 30.8 Å². The number of hydrogen-bond donors (Lipinski definition) is 1. The molecule has 82 valence electrons. The molecule has 2 heterocycles. The lowest BCUT2D eigenvalue weighted by Gasteiger charge is -2.28. The van der Waals surface area contributed by atoms with E-state index < -0.39 is 10.8 Å². The van der Waals surface area contributed by atoms with E-state index in [1.165, 1.54) is 6.33 Å². The minimum absolute atomic E-state index is 0.437. The molecule has 0 bridgehead atoms. The predicted octanol–water partition coefficient (Wildman–Crippen LogP) is 0.390. The van der Waals surface area contributed by atoms with Gasteiger partial charge in [0, 0.05) is 35.4 Å². The highest BCUT2D eigenvalue weighted by atomic mass is 79.9. The van der Waals surface area contributed by atoms with E-state index in [9.17, 15) is 4.21 Å². The van der Waals surface area contributed by atoms with Gasteiger partial charge in [-0.05, 0) is 15.9 Å². The van der Waals surface area contributed by atoms with Gasteiger partial charge in [0.15, 0.2) is 0 Å². The number of halogens is 1. The molecule has 1 aliphatic rings. The van der Waals surface area contributed by atoms with Crippen LogP contribution in [0.4, 0.5) is 11.6 Å². The summed E-state index contributed by atoms with van der Waals surface area (Å²) in [7, 11) is -0.678. The summed E-state index contributed by atoms with van der Waals surface area (Å²) in [5.74, 6) is 2.61. The number of nitrogens with two attached hydrogens (primary N) is 1. The van der Waals surface area contributed by atoms with E-state index in [1.807, 2.05) is 0 Å². The van der Waals surface area contributed by atoms with Gasteiger partial charge in [-0.25, -0.2) is 9.97 Å². The van der Waals surface area contributed by atoms with Crippen molar-refractivity contribution in [3.8, 4) is 0 Å². The third-order valence-electron chi connectivity index (χ3n) is 2.28. The Bertz CT molecular complexity index is 390. The second-order valence-corrected chi connectivity index (χ2v) is 5.72. The summed E-state index contributed by atoms with van der Waals surface area (Å²) in [5.41, 5.74) is 5.67. The van der Waals surface area contributed by atoms with E-state index in [4.69, 9.17) is 5.73 Å². The van der Waals surface area contributed by atoms with Crippen LogP contribution in [-0.2, 0) is 10.8 Å². The normalized spacial score (nSPS) is 18.1. The van der Waals surface area contributed by atoms with Crippen molar-refractivity contribution < 1.29 is 4.21 Å². The first-order chi connectivity index (χ1) is 7.18. The largest absolute Gasteiger partial charge is 0.383 e. The molecule has 0 aliphatic carbocycles. The highest BCUT2D eigenvalue weighted by Gasteiger charge is 2.19. The van der Waals surface area contributed by atoms with Crippen molar-refractivity contribution in [1.29, 1.82) is 0 Å². The van der Waals surface area contributed by atoms with E-state index in [0.717, 1.165) is 23.4 Å². The number of nitrogen functional groups attached to an aromatic ring is 1. The molecule has 1 saturated heterocycles. The first kappa shape index (κ1) is 10.8. The Labute approximate surface area is 98.7 Å². The van der Waals surface area contributed by atoms with Crippen molar-refractivity contribution in [3.63, 3.8) is 0 Å². The van der Waals surface area contributed by atoms with Gasteiger partial charge in [-0.15, -0.1) is 0 Å². The van der Waals surface area contributed by atoms with Gasteiger partial charge in [0.1, 0.15) is 22.4 Å². The van der Waals surface area contributed by atoms with Crippen molar-refractivity contribution in [1.82, 2.24) is 9.97 Å². The van der Waals surface area contributed by atoms with Crippen LogP contribution in [0.15, 0.2) is 10.8 Å². The predicted molar refractivity (Wildman–Crippen MR) is 64.2 cm³/mol. The highest BCUT2D eigenvalue weighted by Crippen LogP contribution is 2.27. The lowest BCUT2D eigenvalue weighted by Crippen LogP contribution is -2.38.